The molecule has 2 N–H and O–H groups in total. The number of carbonyl (C=O) groups is 1. The number of nitrogens with zero attached hydrogens (tertiary/aromatic N) is 1. The van der Waals surface area contributed by atoms with E-state index in [9.17, 15) is 9.90 Å². The average Bonchev–Trinajstić information content (AvgIpc) is 2.42. The first kappa shape index (κ1) is 15.5. The van der Waals surface area contributed by atoms with Gasteiger partial charge in [0.2, 0.25) is 0 Å². The molecular formula is C15H12BrClN2O2. The fraction of sp³-hybridized carbons (Fsp3) is 0.0667. The van der Waals surface area contributed by atoms with Crippen molar-refractivity contribution in [3.8, 4) is 5.75 Å². The van der Waals surface area contributed by atoms with Crippen LogP contribution in [0.25, 0.3) is 0 Å². The number of amides is 1. The number of hydrogen-bond acceptors (Lipinski definition) is 3. The summed E-state index contributed by atoms with van der Waals surface area (Å²) < 4.78 is 0.801. The van der Waals surface area contributed by atoms with Crippen LogP contribution in [0.15, 0.2) is 46.0 Å². The van der Waals surface area contributed by atoms with Crippen molar-refractivity contribution in [2.45, 2.75) is 6.92 Å². The Morgan fingerprint density at radius 1 is 1.33 bits per heavy atom. The minimum atomic E-state index is -0.411. The minimum absolute atomic E-state index is 0.0737. The number of hydrogen-bond donors (Lipinski definition) is 2. The number of carbonyl (C=O) groups excluding carboxylic acids is 1. The van der Waals surface area contributed by atoms with Crippen molar-refractivity contribution in [2.24, 2.45) is 5.10 Å². The average molecular weight is 368 g/mol. The highest BCUT2D eigenvalue weighted by Crippen LogP contribution is 2.20. The van der Waals surface area contributed by atoms with E-state index >= 15 is 0 Å². The lowest BCUT2D eigenvalue weighted by atomic mass is 10.1. The lowest BCUT2D eigenvalue weighted by molar-refractivity contribution is 0.0955. The molecule has 21 heavy (non-hydrogen) atoms. The number of halogens is 2. The van der Waals surface area contributed by atoms with Gasteiger partial charge in [-0.25, -0.2) is 5.43 Å². The number of rotatable bonds is 3. The fourth-order valence-electron chi connectivity index (χ4n) is 1.65. The Morgan fingerprint density at radius 3 is 2.81 bits per heavy atom. The highest BCUT2D eigenvalue weighted by atomic mass is 79.9. The van der Waals surface area contributed by atoms with Crippen LogP contribution in [-0.4, -0.2) is 17.2 Å². The van der Waals surface area contributed by atoms with E-state index in [4.69, 9.17) is 11.6 Å². The Hall–Kier alpha value is -1.85. The predicted octanol–water partition coefficient (Wildman–Crippen LogP) is 3.88. The number of aromatic hydroxyl groups is 1. The molecule has 2 rings (SSSR count). The molecule has 0 aliphatic heterocycles. The molecule has 0 aliphatic carbocycles. The second-order valence-electron chi connectivity index (χ2n) is 4.39. The van der Waals surface area contributed by atoms with E-state index in [1.54, 1.807) is 30.3 Å². The summed E-state index contributed by atoms with van der Waals surface area (Å²) in [5.41, 5.74) is 4.18. The van der Waals surface area contributed by atoms with Gasteiger partial charge in [0.25, 0.3) is 5.91 Å². The van der Waals surface area contributed by atoms with Crippen molar-refractivity contribution in [1.29, 1.82) is 0 Å². The van der Waals surface area contributed by atoms with Crippen LogP contribution in [0, 0.1) is 6.92 Å². The van der Waals surface area contributed by atoms with Crippen molar-refractivity contribution in [3.63, 3.8) is 0 Å². The van der Waals surface area contributed by atoms with Gasteiger partial charge in [-0.05, 0) is 42.8 Å². The Balaban J connectivity index is 2.10. The quantitative estimate of drug-likeness (QED) is 0.639. The van der Waals surface area contributed by atoms with E-state index in [0.717, 1.165) is 10.0 Å². The topological polar surface area (TPSA) is 61.7 Å². The molecule has 0 bridgehead atoms. The molecule has 0 fully saturated rings. The summed E-state index contributed by atoms with van der Waals surface area (Å²) >= 11 is 9.30. The van der Waals surface area contributed by atoms with Gasteiger partial charge in [0.15, 0.2) is 0 Å². The Kier molecular flexibility index (Phi) is 4.98. The zero-order valence-electron chi connectivity index (χ0n) is 11.1. The van der Waals surface area contributed by atoms with Crippen LogP contribution in [0.1, 0.15) is 21.5 Å². The number of hydrazone groups is 1. The maximum absolute atomic E-state index is 11.9. The largest absolute Gasteiger partial charge is 0.507 e. The monoisotopic (exact) mass is 366 g/mol. The molecule has 6 heteroatoms. The van der Waals surface area contributed by atoms with Crippen LogP contribution >= 0.6 is 27.5 Å². The molecule has 2 aromatic carbocycles. The minimum Gasteiger partial charge on any atom is -0.507 e. The summed E-state index contributed by atoms with van der Waals surface area (Å²) in [7, 11) is 0. The highest BCUT2D eigenvalue weighted by Gasteiger charge is 2.09. The zero-order chi connectivity index (χ0) is 15.4. The van der Waals surface area contributed by atoms with Crippen LogP contribution in [0.4, 0.5) is 0 Å². The SMILES string of the molecule is Cc1ccc(C(=O)N/N=C\c2cc(Br)ccc2O)c(Cl)c1. The van der Waals surface area contributed by atoms with Gasteiger partial charge in [0.1, 0.15) is 5.75 Å². The van der Waals surface area contributed by atoms with Gasteiger partial charge in [0.05, 0.1) is 16.8 Å². The summed E-state index contributed by atoms with van der Waals surface area (Å²) in [6.07, 6.45) is 1.36. The molecule has 0 atom stereocenters. The van der Waals surface area contributed by atoms with E-state index in [1.807, 2.05) is 6.92 Å². The molecule has 0 aliphatic rings. The molecule has 2 aromatic rings. The maximum Gasteiger partial charge on any atom is 0.272 e. The highest BCUT2D eigenvalue weighted by molar-refractivity contribution is 9.10. The van der Waals surface area contributed by atoms with Crippen molar-refractivity contribution in [1.82, 2.24) is 5.43 Å². The summed E-state index contributed by atoms with van der Waals surface area (Å²) in [5, 5.41) is 13.8. The third kappa shape index (κ3) is 4.06. The van der Waals surface area contributed by atoms with E-state index in [0.29, 0.717) is 16.1 Å². The van der Waals surface area contributed by atoms with Gasteiger partial charge in [-0.1, -0.05) is 33.6 Å². The molecule has 0 radical (unpaired) electrons. The van der Waals surface area contributed by atoms with Gasteiger partial charge in [0, 0.05) is 10.0 Å². The number of phenolic OH excluding ortho intramolecular Hbond substituents is 1. The first-order valence-corrected chi connectivity index (χ1v) is 7.22. The van der Waals surface area contributed by atoms with Crippen LogP contribution in [0.5, 0.6) is 5.75 Å². The number of aryl methyl sites for hydroxylation is 1. The molecule has 0 saturated carbocycles. The Labute approximate surface area is 135 Å². The molecule has 0 aromatic heterocycles. The molecule has 108 valence electrons. The number of phenols is 1. The molecule has 4 nitrogen and oxygen atoms in total. The summed E-state index contributed by atoms with van der Waals surface area (Å²) in [6, 6.07) is 10.1. The van der Waals surface area contributed by atoms with Crippen LogP contribution in [0.3, 0.4) is 0 Å². The fourth-order valence-corrected chi connectivity index (χ4v) is 2.35. The van der Waals surface area contributed by atoms with Gasteiger partial charge in [-0.2, -0.15) is 5.10 Å². The second kappa shape index (κ2) is 6.74. The molecule has 0 heterocycles. The summed E-state index contributed by atoms with van der Waals surface area (Å²) in [5.74, 6) is -0.338. The molecular weight excluding hydrogens is 356 g/mol. The molecule has 0 saturated heterocycles. The first-order chi connectivity index (χ1) is 9.97. The van der Waals surface area contributed by atoms with Crippen molar-refractivity contribution < 1.29 is 9.90 Å². The lowest BCUT2D eigenvalue weighted by Gasteiger charge is -2.04. The number of nitrogens with one attached hydrogen (secondary N) is 1. The van der Waals surface area contributed by atoms with Gasteiger partial charge in [-0.3, -0.25) is 4.79 Å². The van der Waals surface area contributed by atoms with E-state index in [-0.39, 0.29) is 5.75 Å². The smallest absolute Gasteiger partial charge is 0.272 e. The van der Waals surface area contributed by atoms with Crippen molar-refractivity contribution in [2.75, 3.05) is 0 Å². The third-order valence-electron chi connectivity index (χ3n) is 2.73. The Morgan fingerprint density at radius 2 is 2.10 bits per heavy atom. The van der Waals surface area contributed by atoms with Gasteiger partial charge in [-0.15, -0.1) is 0 Å². The van der Waals surface area contributed by atoms with Crippen molar-refractivity contribution in [3.05, 3.63) is 62.6 Å². The first-order valence-electron chi connectivity index (χ1n) is 6.05. The molecule has 0 unspecified atom stereocenters. The normalized spacial score (nSPS) is 10.8. The van der Waals surface area contributed by atoms with Gasteiger partial charge >= 0.3 is 0 Å². The van der Waals surface area contributed by atoms with Crippen LogP contribution < -0.4 is 5.43 Å². The molecule has 1 amide bonds. The van der Waals surface area contributed by atoms with Crippen LogP contribution in [-0.2, 0) is 0 Å². The molecule has 0 spiro atoms. The summed E-state index contributed by atoms with van der Waals surface area (Å²) in [6.45, 7) is 1.89. The van der Waals surface area contributed by atoms with E-state index in [2.05, 4.69) is 26.5 Å². The van der Waals surface area contributed by atoms with E-state index < -0.39 is 5.91 Å². The third-order valence-corrected chi connectivity index (χ3v) is 3.53. The zero-order valence-corrected chi connectivity index (χ0v) is 13.4. The second-order valence-corrected chi connectivity index (χ2v) is 5.71. The maximum atomic E-state index is 11.9. The Bertz CT molecular complexity index is 717. The van der Waals surface area contributed by atoms with Gasteiger partial charge < -0.3 is 5.11 Å². The standard InChI is InChI=1S/C15H12BrClN2O2/c1-9-2-4-12(13(17)6-9)15(21)19-18-8-10-7-11(16)3-5-14(10)20/h2-8,20H,1H3,(H,19,21)/b18-8-. The summed E-state index contributed by atoms with van der Waals surface area (Å²) in [4.78, 5) is 11.9. The predicted molar refractivity (Wildman–Crippen MR) is 87.1 cm³/mol. The van der Waals surface area contributed by atoms with Crippen LogP contribution in [0.2, 0.25) is 5.02 Å². The van der Waals surface area contributed by atoms with E-state index in [1.165, 1.54) is 12.3 Å². The van der Waals surface area contributed by atoms with Crippen molar-refractivity contribution >= 4 is 39.7 Å². The lowest BCUT2D eigenvalue weighted by Crippen LogP contribution is -2.18. The number of benzene rings is 2.